The Morgan fingerprint density at radius 2 is 1.83 bits per heavy atom. The van der Waals surface area contributed by atoms with Crippen LogP contribution in [0.25, 0.3) is 5.57 Å². The fraction of sp³-hybridized carbons (Fsp3) is 0.652. The number of rotatable bonds is 5. The summed E-state index contributed by atoms with van der Waals surface area (Å²) in [4.78, 5) is 0. The zero-order valence-corrected chi connectivity index (χ0v) is 15.9. The largest absolute Gasteiger partial charge is 0.313 e. The minimum atomic E-state index is 0.734. The van der Waals surface area contributed by atoms with Crippen molar-refractivity contribution in [3.8, 4) is 0 Å². The number of nitrogens with one attached hydrogen (secondary N) is 1. The van der Waals surface area contributed by atoms with Crippen molar-refractivity contribution in [3.63, 3.8) is 0 Å². The molecule has 2 aliphatic rings. The number of aryl methyl sites for hydroxylation is 1. The van der Waals surface area contributed by atoms with Crippen molar-refractivity contribution in [1.29, 1.82) is 0 Å². The molecule has 1 unspecified atom stereocenters. The average molecular weight is 326 g/mol. The molecule has 0 aromatic heterocycles. The lowest BCUT2D eigenvalue weighted by atomic mass is 9.80. The Morgan fingerprint density at radius 1 is 1.04 bits per heavy atom. The van der Waals surface area contributed by atoms with Crippen LogP contribution in [-0.2, 0) is 0 Å². The summed E-state index contributed by atoms with van der Waals surface area (Å²) in [6.07, 6.45) is 11.0. The van der Waals surface area contributed by atoms with Crippen molar-refractivity contribution < 1.29 is 0 Å². The van der Waals surface area contributed by atoms with Crippen molar-refractivity contribution >= 4 is 5.57 Å². The molecule has 0 radical (unpaired) electrons. The van der Waals surface area contributed by atoms with Gasteiger partial charge in [-0.3, -0.25) is 0 Å². The summed E-state index contributed by atoms with van der Waals surface area (Å²) in [5.41, 5.74) is 6.09. The van der Waals surface area contributed by atoms with Crippen molar-refractivity contribution in [2.45, 2.75) is 78.2 Å². The van der Waals surface area contributed by atoms with Gasteiger partial charge < -0.3 is 5.32 Å². The van der Waals surface area contributed by atoms with E-state index < -0.39 is 0 Å². The van der Waals surface area contributed by atoms with E-state index in [4.69, 9.17) is 0 Å². The molecule has 1 saturated carbocycles. The van der Waals surface area contributed by atoms with Gasteiger partial charge in [0, 0.05) is 12.6 Å². The Morgan fingerprint density at radius 3 is 2.54 bits per heavy atom. The molecule has 2 aliphatic carbocycles. The minimum Gasteiger partial charge on any atom is -0.313 e. The molecule has 1 nitrogen and oxygen atoms in total. The first-order valence-corrected chi connectivity index (χ1v) is 10.2. The highest BCUT2D eigenvalue weighted by Gasteiger charge is 2.24. The minimum absolute atomic E-state index is 0.734. The van der Waals surface area contributed by atoms with Crippen LogP contribution in [0.5, 0.6) is 0 Å². The Labute approximate surface area is 148 Å². The smallest absolute Gasteiger partial charge is 0.00675 e. The summed E-state index contributed by atoms with van der Waals surface area (Å²) in [7, 11) is 0. The molecule has 0 amide bonds. The zero-order valence-electron chi connectivity index (χ0n) is 15.9. The number of hydrogen-bond acceptors (Lipinski definition) is 1. The molecule has 1 heteroatoms. The Hall–Kier alpha value is -1.08. The fourth-order valence-electron chi connectivity index (χ4n) is 4.73. The highest BCUT2D eigenvalue weighted by Crippen LogP contribution is 2.36. The van der Waals surface area contributed by atoms with E-state index in [0.717, 1.165) is 17.9 Å². The maximum atomic E-state index is 3.92. The molecule has 24 heavy (non-hydrogen) atoms. The molecule has 3 rings (SSSR count). The summed E-state index contributed by atoms with van der Waals surface area (Å²) in [6, 6.07) is 9.84. The molecular formula is C23H35N. The monoisotopic (exact) mass is 325 g/mol. The van der Waals surface area contributed by atoms with Gasteiger partial charge in [-0.25, -0.2) is 0 Å². The van der Waals surface area contributed by atoms with Crippen LogP contribution < -0.4 is 5.32 Å². The van der Waals surface area contributed by atoms with Gasteiger partial charge in [-0.15, -0.1) is 0 Å². The molecule has 1 atom stereocenters. The normalized spacial score (nSPS) is 28.2. The van der Waals surface area contributed by atoms with E-state index in [-0.39, 0.29) is 0 Å². The SMILES string of the molecule is CCC1CCC(NCC2CCCC(c3cccc(C)c3)=C2C)CC1. The van der Waals surface area contributed by atoms with Crippen LogP contribution in [0.15, 0.2) is 29.8 Å². The van der Waals surface area contributed by atoms with Crippen LogP contribution in [0.2, 0.25) is 0 Å². The van der Waals surface area contributed by atoms with Crippen LogP contribution in [0.3, 0.4) is 0 Å². The predicted octanol–water partition coefficient (Wildman–Crippen LogP) is 6.13. The first-order valence-electron chi connectivity index (χ1n) is 10.2. The summed E-state index contributed by atoms with van der Waals surface area (Å²) in [6.45, 7) is 8.12. The van der Waals surface area contributed by atoms with Crippen molar-refractivity contribution in [2.24, 2.45) is 11.8 Å². The third kappa shape index (κ3) is 4.30. The number of allylic oxidation sites excluding steroid dienone is 1. The van der Waals surface area contributed by atoms with E-state index in [1.165, 1.54) is 69.0 Å². The van der Waals surface area contributed by atoms with Gasteiger partial charge in [-0.05, 0) is 81.8 Å². The van der Waals surface area contributed by atoms with E-state index in [0.29, 0.717) is 0 Å². The summed E-state index contributed by atoms with van der Waals surface area (Å²) < 4.78 is 0. The van der Waals surface area contributed by atoms with E-state index in [9.17, 15) is 0 Å². The molecule has 1 aromatic carbocycles. The molecule has 0 aliphatic heterocycles. The average Bonchev–Trinajstić information content (AvgIpc) is 2.61. The molecule has 0 spiro atoms. The Kier molecular flexibility index (Phi) is 6.16. The van der Waals surface area contributed by atoms with Gasteiger partial charge in [-0.1, -0.05) is 48.7 Å². The highest BCUT2D eigenvalue weighted by molar-refractivity contribution is 5.70. The molecule has 0 heterocycles. The molecule has 1 N–H and O–H groups in total. The molecule has 0 saturated heterocycles. The van der Waals surface area contributed by atoms with Gasteiger partial charge in [0.15, 0.2) is 0 Å². The van der Waals surface area contributed by atoms with Crippen LogP contribution in [0.1, 0.15) is 76.3 Å². The maximum Gasteiger partial charge on any atom is 0.00675 e. The molecule has 1 aromatic rings. The van der Waals surface area contributed by atoms with Gasteiger partial charge in [0.05, 0.1) is 0 Å². The van der Waals surface area contributed by atoms with Crippen LogP contribution in [0, 0.1) is 18.8 Å². The highest BCUT2D eigenvalue weighted by atomic mass is 14.9. The molecule has 0 bridgehead atoms. The van der Waals surface area contributed by atoms with Crippen molar-refractivity contribution in [1.82, 2.24) is 5.32 Å². The number of hydrogen-bond donors (Lipinski definition) is 1. The van der Waals surface area contributed by atoms with Crippen LogP contribution in [-0.4, -0.2) is 12.6 Å². The quantitative estimate of drug-likeness (QED) is 0.687. The lowest BCUT2D eigenvalue weighted by molar-refractivity contribution is 0.277. The van der Waals surface area contributed by atoms with Gasteiger partial charge in [0.25, 0.3) is 0 Å². The van der Waals surface area contributed by atoms with Gasteiger partial charge in [-0.2, -0.15) is 0 Å². The summed E-state index contributed by atoms with van der Waals surface area (Å²) in [5, 5.41) is 3.92. The van der Waals surface area contributed by atoms with Gasteiger partial charge >= 0.3 is 0 Å². The van der Waals surface area contributed by atoms with E-state index >= 15 is 0 Å². The first kappa shape index (κ1) is 17.7. The topological polar surface area (TPSA) is 12.0 Å². The molecule has 1 fully saturated rings. The third-order valence-electron chi connectivity index (χ3n) is 6.51. The molecule has 132 valence electrons. The standard InChI is InChI=1S/C23H35N/c1-4-19-11-13-22(14-12-19)24-16-21-9-6-10-23(18(21)3)20-8-5-7-17(2)15-20/h5,7-8,15,19,21-22,24H,4,6,9-14,16H2,1-3H3. The first-order chi connectivity index (χ1) is 11.7. The Bertz CT molecular complexity index is 563. The zero-order chi connectivity index (χ0) is 16.9. The van der Waals surface area contributed by atoms with Gasteiger partial charge in [0.2, 0.25) is 0 Å². The lowest BCUT2D eigenvalue weighted by Crippen LogP contribution is -2.37. The van der Waals surface area contributed by atoms with E-state index in [1.54, 1.807) is 11.1 Å². The van der Waals surface area contributed by atoms with Crippen LogP contribution >= 0.6 is 0 Å². The third-order valence-corrected chi connectivity index (χ3v) is 6.51. The van der Waals surface area contributed by atoms with E-state index in [1.807, 2.05) is 0 Å². The Balaban J connectivity index is 1.61. The summed E-state index contributed by atoms with van der Waals surface area (Å²) >= 11 is 0. The fourth-order valence-corrected chi connectivity index (χ4v) is 4.73. The second-order valence-corrected chi connectivity index (χ2v) is 8.15. The van der Waals surface area contributed by atoms with Crippen molar-refractivity contribution in [3.05, 3.63) is 41.0 Å². The second kappa shape index (κ2) is 8.34. The lowest BCUT2D eigenvalue weighted by Gasteiger charge is -2.32. The van der Waals surface area contributed by atoms with Gasteiger partial charge in [0.1, 0.15) is 0 Å². The predicted molar refractivity (Wildman–Crippen MR) is 105 cm³/mol. The second-order valence-electron chi connectivity index (χ2n) is 8.15. The maximum absolute atomic E-state index is 3.92. The van der Waals surface area contributed by atoms with Crippen molar-refractivity contribution in [2.75, 3.05) is 6.54 Å². The summed E-state index contributed by atoms with van der Waals surface area (Å²) in [5.74, 6) is 1.73. The molecular weight excluding hydrogens is 290 g/mol. The van der Waals surface area contributed by atoms with Crippen LogP contribution in [0.4, 0.5) is 0 Å². The van der Waals surface area contributed by atoms with E-state index in [2.05, 4.69) is 50.4 Å². The number of benzene rings is 1.